The Balaban J connectivity index is 1.85. The molecule has 2 aromatic rings. The zero-order chi connectivity index (χ0) is 23.1. The highest BCUT2D eigenvalue weighted by molar-refractivity contribution is 8.00. The highest BCUT2D eigenvalue weighted by Gasteiger charge is 2.29. The molecule has 10 heteroatoms. The van der Waals surface area contributed by atoms with Crippen LogP contribution in [0.5, 0.6) is 11.5 Å². The summed E-state index contributed by atoms with van der Waals surface area (Å²) in [6.45, 7) is 7.18. The fraction of sp³-hybridized carbons (Fsp3) is 0.409. The Morgan fingerprint density at radius 2 is 1.69 bits per heavy atom. The van der Waals surface area contributed by atoms with Gasteiger partial charge in [-0.2, -0.15) is 13.2 Å². The number of rotatable bonds is 8. The lowest BCUT2D eigenvalue weighted by atomic mass is 10.1. The predicted octanol–water partition coefficient (Wildman–Crippen LogP) is 5.18. The van der Waals surface area contributed by atoms with E-state index in [0.717, 1.165) is 5.69 Å². The van der Waals surface area contributed by atoms with Gasteiger partial charge in [-0.1, -0.05) is 0 Å². The number of thioether (sulfide) groups is 1. The van der Waals surface area contributed by atoms with Gasteiger partial charge in [0.2, 0.25) is 0 Å². The first-order valence-electron chi connectivity index (χ1n) is 10.2. The molecular formula is C22H25F3N2O4S. The van der Waals surface area contributed by atoms with Gasteiger partial charge in [-0.25, -0.2) is 0 Å². The van der Waals surface area contributed by atoms with Gasteiger partial charge in [0.25, 0.3) is 5.91 Å². The number of nitrogens with one attached hydrogen (secondary N) is 1. The third-order valence-corrected chi connectivity index (χ3v) is 5.35. The van der Waals surface area contributed by atoms with E-state index in [4.69, 9.17) is 14.2 Å². The predicted molar refractivity (Wildman–Crippen MR) is 118 cm³/mol. The van der Waals surface area contributed by atoms with Crippen LogP contribution in [-0.2, 0) is 4.74 Å². The largest absolute Gasteiger partial charge is 0.492 e. The third kappa shape index (κ3) is 6.46. The number of amides is 1. The second kappa shape index (κ2) is 10.8. The number of nitrogens with zero attached hydrogens (tertiary/aromatic N) is 1. The van der Waals surface area contributed by atoms with Crippen molar-refractivity contribution in [1.29, 1.82) is 0 Å². The van der Waals surface area contributed by atoms with Crippen molar-refractivity contribution in [3.63, 3.8) is 0 Å². The van der Waals surface area contributed by atoms with Gasteiger partial charge in [0.1, 0.15) is 11.5 Å². The van der Waals surface area contributed by atoms with Crippen molar-refractivity contribution in [2.45, 2.75) is 24.3 Å². The first-order valence-corrected chi connectivity index (χ1v) is 11.1. The van der Waals surface area contributed by atoms with Crippen LogP contribution in [0.1, 0.15) is 24.2 Å². The van der Waals surface area contributed by atoms with Crippen LogP contribution >= 0.6 is 11.8 Å². The summed E-state index contributed by atoms with van der Waals surface area (Å²) >= 11 is -0.225. The molecule has 2 aromatic carbocycles. The van der Waals surface area contributed by atoms with Gasteiger partial charge in [-0.15, -0.1) is 0 Å². The SMILES string of the molecule is CCOc1cc(N2CCOCC2)c(OCC)cc1NC(=O)c1ccc(SC(F)(F)F)cc1. The molecule has 1 heterocycles. The topological polar surface area (TPSA) is 60.0 Å². The van der Waals surface area contributed by atoms with E-state index in [-0.39, 0.29) is 22.2 Å². The van der Waals surface area contributed by atoms with E-state index < -0.39 is 11.4 Å². The molecule has 0 radical (unpaired) electrons. The zero-order valence-corrected chi connectivity index (χ0v) is 18.6. The molecule has 1 aliphatic heterocycles. The van der Waals surface area contributed by atoms with E-state index in [1.807, 2.05) is 19.9 Å². The summed E-state index contributed by atoms with van der Waals surface area (Å²) in [7, 11) is 0. The van der Waals surface area contributed by atoms with Crippen LogP contribution in [0.4, 0.5) is 24.5 Å². The van der Waals surface area contributed by atoms with E-state index in [0.29, 0.717) is 56.7 Å². The van der Waals surface area contributed by atoms with Crippen molar-refractivity contribution in [2.24, 2.45) is 0 Å². The molecule has 0 saturated carbocycles. The Hall–Kier alpha value is -2.59. The van der Waals surface area contributed by atoms with Crippen molar-refractivity contribution in [3.05, 3.63) is 42.0 Å². The van der Waals surface area contributed by atoms with Crippen LogP contribution in [0.25, 0.3) is 0 Å². The van der Waals surface area contributed by atoms with Gasteiger partial charge < -0.3 is 24.4 Å². The number of alkyl halides is 3. The number of anilines is 2. The Morgan fingerprint density at radius 1 is 1.06 bits per heavy atom. The minimum absolute atomic E-state index is 0.0116. The van der Waals surface area contributed by atoms with Gasteiger partial charge in [0.15, 0.2) is 0 Å². The van der Waals surface area contributed by atoms with Gasteiger partial charge >= 0.3 is 5.51 Å². The van der Waals surface area contributed by atoms with Gasteiger partial charge in [-0.3, -0.25) is 4.79 Å². The minimum Gasteiger partial charge on any atom is -0.492 e. The molecule has 32 heavy (non-hydrogen) atoms. The quantitative estimate of drug-likeness (QED) is 0.536. The third-order valence-electron chi connectivity index (χ3n) is 4.61. The first-order chi connectivity index (χ1) is 15.3. The maximum Gasteiger partial charge on any atom is 0.446 e. The highest BCUT2D eigenvalue weighted by atomic mass is 32.2. The van der Waals surface area contributed by atoms with Gasteiger partial charge in [-0.05, 0) is 49.9 Å². The van der Waals surface area contributed by atoms with E-state index in [1.54, 1.807) is 6.07 Å². The van der Waals surface area contributed by atoms with Crippen molar-refractivity contribution in [1.82, 2.24) is 0 Å². The monoisotopic (exact) mass is 470 g/mol. The van der Waals surface area contributed by atoms with E-state index in [9.17, 15) is 18.0 Å². The molecule has 0 bridgehead atoms. The van der Waals surface area contributed by atoms with Crippen LogP contribution in [0.15, 0.2) is 41.3 Å². The Morgan fingerprint density at radius 3 is 2.28 bits per heavy atom. The van der Waals surface area contributed by atoms with Gasteiger partial charge in [0, 0.05) is 35.7 Å². The first kappa shape index (κ1) is 24.1. The molecule has 1 fully saturated rings. The summed E-state index contributed by atoms with van der Waals surface area (Å²) in [6.07, 6.45) is 0. The van der Waals surface area contributed by atoms with E-state index in [2.05, 4.69) is 10.2 Å². The number of halogens is 3. The van der Waals surface area contributed by atoms with E-state index in [1.165, 1.54) is 24.3 Å². The number of ether oxygens (including phenoxy) is 3. The molecule has 174 valence electrons. The molecule has 0 aromatic heterocycles. The van der Waals surface area contributed by atoms with Crippen molar-refractivity contribution in [2.75, 3.05) is 49.7 Å². The van der Waals surface area contributed by atoms with E-state index >= 15 is 0 Å². The molecule has 0 atom stereocenters. The lowest BCUT2D eigenvalue weighted by molar-refractivity contribution is -0.0328. The summed E-state index contributed by atoms with van der Waals surface area (Å²) in [5, 5.41) is 2.79. The Bertz CT molecular complexity index is 917. The van der Waals surface area contributed by atoms with Crippen LogP contribution < -0.4 is 19.7 Å². The number of carbonyl (C=O) groups excluding carboxylic acids is 1. The average Bonchev–Trinajstić information content (AvgIpc) is 2.75. The lowest BCUT2D eigenvalue weighted by Crippen LogP contribution is -2.36. The molecule has 0 unspecified atom stereocenters. The molecule has 1 aliphatic rings. The van der Waals surface area contributed by atoms with Gasteiger partial charge in [0.05, 0.1) is 37.8 Å². The number of hydrogen-bond acceptors (Lipinski definition) is 6. The lowest BCUT2D eigenvalue weighted by Gasteiger charge is -2.31. The minimum atomic E-state index is -4.38. The molecule has 6 nitrogen and oxygen atoms in total. The summed E-state index contributed by atoms with van der Waals surface area (Å²) in [4.78, 5) is 14.9. The normalized spacial score (nSPS) is 14.2. The average molecular weight is 471 g/mol. The second-order valence-electron chi connectivity index (χ2n) is 6.81. The fourth-order valence-corrected chi connectivity index (χ4v) is 3.79. The number of benzene rings is 2. The number of hydrogen-bond donors (Lipinski definition) is 1. The summed E-state index contributed by atoms with van der Waals surface area (Å²) in [5.41, 5.74) is -2.88. The molecule has 0 aliphatic carbocycles. The van der Waals surface area contributed by atoms with Crippen molar-refractivity contribution >= 4 is 29.0 Å². The molecule has 1 saturated heterocycles. The fourth-order valence-electron chi connectivity index (χ4n) is 3.25. The maximum atomic E-state index is 12.8. The van der Waals surface area contributed by atoms with Crippen LogP contribution in [-0.4, -0.2) is 50.9 Å². The Kier molecular flexibility index (Phi) is 8.14. The molecule has 3 rings (SSSR count). The molecule has 1 amide bonds. The van der Waals surface area contributed by atoms with Crippen molar-refractivity contribution < 1.29 is 32.2 Å². The standard InChI is InChI=1S/C22H25F3N2O4S/c1-3-30-19-14-18(27-9-11-29-12-10-27)20(31-4-2)13-17(19)26-21(28)15-5-7-16(8-6-15)32-22(23,24)25/h5-8,13-14H,3-4,9-12H2,1-2H3,(H,26,28). The van der Waals surface area contributed by atoms with Crippen molar-refractivity contribution in [3.8, 4) is 11.5 Å². The Labute approximate surface area is 189 Å². The highest BCUT2D eigenvalue weighted by Crippen LogP contribution is 2.40. The summed E-state index contributed by atoms with van der Waals surface area (Å²) in [5.74, 6) is 0.621. The molecule has 1 N–H and O–H groups in total. The second-order valence-corrected chi connectivity index (χ2v) is 7.95. The number of morpholine rings is 1. The smallest absolute Gasteiger partial charge is 0.446 e. The zero-order valence-electron chi connectivity index (χ0n) is 17.8. The maximum absolute atomic E-state index is 12.8. The number of carbonyl (C=O) groups is 1. The molecular weight excluding hydrogens is 445 g/mol. The van der Waals surface area contributed by atoms with Crippen LogP contribution in [0.3, 0.4) is 0 Å². The van der Waals surface area contributed by atoms with Crippen LogP contribution in [0.2, 0.25) is 0 Å². The summed E-state index contributed by atoms with van der Waals surface area (Å²) < 4.78 is 54.6. The molecule has 0 spiro atoms. The summed E-state index contributed by atoms with van der Waals surface area (Å²) in [6, 6.07) is 8.79. The van der Waals surface area contributed by atoms with Crippen LogP contribution in [0, 0.1) is 0 Å².